The Hall–Kier alpha value is -0.890. The Morgan fingerprint density at radius 1 is 1.45 bits per heavy atom. The van der Waals surface area contributed by atoms with E-state index in [2.05, 4.69) is 0 Å². The lowest BCUT2D eigenvalue weighted by molar-refractivity contribution is 0.411. The maximum Gasteiger partial charge on any atom is 0.122 e. The van der Waals surface area contributed by atoms with Gasteiger partial charge in [0.15, 0.2) is 0 Å². The highest BCUT2D eigenvalue weighted by Crippen LogP contribution is 2.17. The largest absolute Gasteiger partial charge is 0.496 e. The number of benzene rings is 1. The van der Waals surface area contributed by atoms with Crippen molar-refractivity contribution in [3.63, 3.8) is 0 Å². The first-order valence-corrected chi connectivity index (χ1v) is 3.85. The molecule has 1 aromatic carbocycles. The van der Waals surface area contributed by atoms with Crippen molar-refractivity contribution in [2.24, 2.45) is 0 Å². The van der Waals surface area contributed by atoms with Gasteiger partial charge < -0.3 is 4.74 Å². The zero-order chi connectivity index (χ0) is 8.27. The van der Waals surface area contributed by atoms with Crippen LogP contribution >= 0.6 is 12.2 Å². The maximum atomic E-state index is 5.12. The number of ether oxygens (including phenoxy) is 1. The van der Waals surface area contributed by atoms with Crippen LogP contribution in [0, 0.1) is 6.92 Å². The molecule has 1 rings (SSSR count). The predicted molar refractivity (Wildman–Crippen MR) is 50.5 cm³/mol. The fourth-order valence-electron chi connectivity index (χ4n) is 0.910. The van der Waals surface area contributed by atoms with Crippen molar-refractivity contribution in [1.29, 1.82) is 0 Å². The molecule has 0 unspecified atom stereocenters. The molecule has 0 heterocycles. The summed E-state index contributed by atoms with van der Waals surface area (Å²) in [5, 5.41) is 1.64. The van der Waals surface area contributed by atoms with Gasteiger partial charge in [-0.3, -0.25) is 0 Å². The molecule has 2 heteroatoms. The van der Waals surface area contributed by atoms with E-state index in [-0.39, 0.29) is 0 Å². The molecule has 0 bridgehead atoms. The molecule has 58 valence electrons. The van der Waals surface area contributed by atoms with Crippen LogP contribution in [0.4, 0.5) is 0 Å². The maximum absolute atomic E-state index is 5.12. The summed E-state index contributed by atoms with van der Waals surface area (Å²) in [5.74, 6) is 0.892. The van der Waals surface area contributed by atoms with E-state index in [4.69, 9.17) is 17.0 Å². The van der Waals surface area contributed by atoms with E-state index in [9.17, 15) is 0 Å². The van der Waals surface area contributed by atoms with Crippen LogP contribution in [-0.4, -0.2) is 12.5 Å². The first-order chi connectivity index (χ1) is 5.27. The Labute approximate surface area is 72.0 Å². The van der Waals surface area contributed by atoms with Gasteiger partial charge in [0.25, 0.3) is 0 Å². The van der Waals surface area contributed by atoms with Crippen LogP contribution in [0.2, 0.25) is 0 Å². The summed E-state index contributed by atoms with van der Waals surface area (Å²) < 4.78 is 5.12. The third-order valence-corrected chi connectivity index (χ3v) is 1.84. The zero-order valence-electron chi connectivity index (χ0n) is 6.63. The van der Waals surface area contributed by atoms with Gasteiger partial charge in [0.2, 0.25) is 0 Å². The summed E-state index contributed by atoms with van der Waals surface area (Å²) in [6, 6.07) is 5.91. The molecule has 11 heavy (non-hydrogen) atoms. The predicted octanol–water partition coefficient (Wildman–Crippen LogP) is 2.35. The van der Waals surface area contributed by atoms with Crippen LogP contribution in [0.1, 0.15) is 11.1 Å². The lowest BCUT2D eigenvalue weighted by Crippen LogP contribution is -1.88. The zero-order valence-corrected chi connectivity index (χ0v) is 7.44. The van der Waals surface area contributed by atoms with Gasteiger partial charge in [-0.1, -0.05) is 24.4 Å². The highest BCUT2D eigenvalue weighted by atomic mass is 32.1. The minimum atomic E-state index is 0.892. The molecule has 0 aliphatic carbocycles. The van der Waals surface area contributed by atoms with E-state index in [1.165, 1.54) is 0 Å². The molecular formula is C9H10OS. The Morgan fingerprint density at radius 2 is 2.18 bits per heavy atom. The second-order valence-electron chi connectivity index (χ2n) is 2.35. The topological polar surface area (TPSA) is 9.23 Å². The van der Waals surface area contributed by atoms with Crippen LogP contribution in [0.25, 0.3) is 0 Å². The molecule has 1 aromatic rings. The number of thiocarbonyl (C=S) groups is 1. The molecule has 0 spiro atoms. The summed E-state index contributed by atoms with van der Waals surface area (Å²) in [7, 11) is 1.66. The van der Waals surface area contributed by atoms with Crippen molar-refractivity contribution in [2.45, 2.75) is 6.92 Å². The smallest absolute Gasteiger partial charge is 0.122 e. The fraction of sp³-hybridized carbons (Fsp3) is 0.222. The highest BCUT2D eigenvalue weighted by Gasteiger charge is 1.96. The van der Waals surface area contributed by atoms with Crippen LogP contribution in [0.5, 0.6) is 5.75 Å². The van der Waals surface area contributed by atoms with Crippen molar-refractivity contribution in [1.82, 2.24) is 0 Å². The van der Waals surface area contributed by atoms with Crippen molar-refractivity contribution >= 4 is 17.6 Å². The second-order valence-corrected chi connectivity index (χ2v) is 2.58. The molecule has 0 aliphatic rings. The molecule has 0 aliphatic heterocycles. The van der Waals surface area contributed by atoms with E-state index in [0.717, 1.165) is 16.9 Å². The van der Waals surface area contributed by atoms with Gasteiger partial charge in [-0.15, -0.1) is 0 Å². The first-order valence-electron chi connectivity index (χ1n) is 3.37. The van der Waals surface area contributed by atoms with Crippen molar-refractivity contribution < 1.29 is 4.74 Å². The lowest BCUT2D eigenvalue weighted by atomic mass is 10.1. The van der Waals surface area contributed by atoms with Crippen molar-refractivity contribution in [2.75, 3.05) is 7.11 Å². The number of aryl methyl sites for hydroxylation is 1. The fourth-order valence-corrected chi connectivity index (χ4v) is 1.06. The monoisotopic (exact) mass is 166 g/mol. The average molecular weight is 166 g/mol. The lowest BCUT2D eigenvalue weighted by Gasteiger charge is -2.03. The van der Waals surface area contributed by atoms with Gasteiger partial charge in [0.05, 0.1) is 7.11 Å². The highest BCUT2D eigenvalue weighted by molar-refractivity contribution is 7.79. The molecule has 0 fully saturated rings. The molecule has 0 saturated carbocycles. The summed E-state index contributed by atoms with van der Waals surface area (Å²) >= 11 is 4.79. The number of hydrogen-bond donors (Lipinski definition) is 0. The molecule has 0 aromatic heterocycles. The summed E-state index contributed by atoms with van der Waals surface area (Å²) in [5.41, 5.74) is 2.15. The van der Waals surface area contributed by atoms with E-state index in [1.54, 1.807) is 12.5 Å². The molecule has 0 amide bonds. The first kappa shape index (κ1) is 8.21. The van der Waals surface area contributed by atoms with Gasteiger partial charge in [-0.2, -0.15) is 0 Å². The van der Waals surface area contributed by atoms with Gasteiger partial charge in [-0.05, 0) is 24.1 Å². The van der Waals surface area contributed by atoms with Crippen LogP contribution in [0.3, 0.4) is 0 Å². The van der Waals surface area contributed by atoms with Crippen LogP contribution < -0.4 is 4.74 Å². The minimum Gasteiger partial charge on any atom is -0.496 e. The van der Waals surface area contributed by atoms with Crippen molar-refractivity contribution in [3.8, 4) is 5.75 Å². The molecule has 1 nitrogen and oxygen atoms in total. The number of methoxy groups -OCH3 is 1. The molecule has 0 atom stereocenters. The van der Waals surface area contributed by atoms with E-state index >= 15 is 0 Å². The number of hydrogen-bond acceptors (Lipinski definition) is 2. The van der Waals surface area contributed by atoms with Gasteiger partial charge in [-0.25, -0.2) is 0 Å². The molecular weight excluding hydrogens is 156 g/mol. The molecule has 0 radical (unpaired) electrons. The Bertz CT molecular complexity index is 268. The number of rotatable bonds is 2. The third-order valence-electron chi connectivity index (χ3n) is 1.57. The Balaban J connectivity index is 3.12. The van der Waals surface area contributed by atoms with Crippen LogP contribution in [-0.2, 0) is 0 Å². The Morgan fingerprint density at radius 3 is 2.73 bits per heavy atom. The minimum absolute atomic E-state index is 0.892. The quantitative estimate of drug-likeness (QED) is 0.624. The third kappa shape index (κ3) is 1.77. The molecule has 0 N–H and O–H groups in total. The summed E-state index contributed by atoms with van der Waals surface area (Å²) in [6.07, 6.45) is 0. The van der Waals surface area contributed by atoms with Gasteiger partial charge in [0, 0.05) is 5.37 Å². The van der Waals surface area contributed by atoms with Crippen molar-refractivity contribution in [3.05, 3.63) is 29.3 Å². The SMILES string of the molecule is COc1cc(C=S)ccc1C. The van der Waals surface area contributed by atoms with Gasteiger partial charge in [0.1, 0.15) is 5.75 Å². The summed E-state index contributed by atoms with van der Waals surface area (Å²) in [6.45, 7) is 2.01. The standard InChI is InChI=1S/C9H10OS/c1-7-3-4-8(6-11)5-9(7)10-2/h3-6H,1-2H3. The molecule has 0 saturated heterocycles. The average Bonchev–Trinajstić information content (AvgIpc) is 2.05. The normalized spacial score (nSPS) is 9.27. The van der Waals surface area contributed by atoms with Gasteiger partial charge >= 0.3 is 0 Å². The van der Waals surface area contributed by atoms with Crippen LogP contribution in [0.15, 0.2) is 18.2 Å². The van der Waals surface area contributed by atoms with E-state index in [0.29, 0.717) is 0 Å². The van der Waals surface area contributed by atoms with E-state index in [1.807, 2.05) is 25.1 Å². The Kier molecular flexibility index (Phi) is 2.60. The summed E-state index contributed by atoms with van der Waals surface area (Å²) in [4.78, 5) is 0. The second kappa shape index (κ2) is 3.49. The van der Waals surface area contributed by atoms with E-state index < -0.39 is 0 Å².